The Kier molecular flexibility index (Phi) is 4.40. The third-order valence-electron chi connectivity index (χ3n) is 2.93. The number of alkyl halides is 1. The number of nitrogens with one attached hydrogen (secondary N) is 1. The minimum atomic E-state index is -3.47. The van der Waals surface area contributed by atoms with Crippen LogP contribution in [0.2, 0.25) is 0 Å². The van der Waals surface area contributed by atoms with E-state index in [1.54, 1.807) is 43.3 Å². The zero-order valence-corrected chi connectivity index (χ0v) is 12.6. The molecule has 6 heteroatoms. The lowest BCUT2D eigenvalue weighted by molar-refractivity contribution is 0.481. The maximum Gasteiger partial charge on any atom is 0.233 e. The van der Waals surface area contributed by atoms with Gasteiger partial charge in [0.2, 0.25) is 10.0 Å². The van der Waals surface area contributed by atoms with Crippen molar-refractivity contribution in [2.75, 3.05) is 16.4 Å². The number of phenolic OH excluding ortho intramolecular Hbond substituents is 1. The van der Waals surface area contributed by atoms with Gasteiger partial charge >= 0.3 is 0 Å². The summed E-state index contributed by atoms with van der Waals surface area (Å²) < 4.78 is 26.7. The topological polar surface area (TPSA) is 66.4 Å². The Hall–Kier alpha value is -1.46. The molecule has 1 unspecified atom stereocenters. The van der Waals surface area contributed by atoms with Crippen molar-refractivity contribution in [3.63, 3.8) is 0 Å². The van der Waals surface area contributed by atoms with E-state index in [0.717, 1.165) is 0 Å². The van der Waals surface area contributed by atoms with Crippen LogP contribution in [0, 0.1) is 5.92 Å². The van der Waals surface area contributed by atoms with Gasteiger partial charge in [0.05, 0.1) is 11.4 Å². The highest BCUT2D eigenvalue weighted by Gasteiger charge is 2.16. The first-order chi connectivity index (χ1) is 9.43. The Morgan fingerprint density at radius 3 is 2.55 bits per heavy atom. The van der Waals surface area contributed by atoms with Gasteiger partial charge in [-0.05, 0) is 18.1 Å². The average molecular weight is 314 g/mol. The lowest BCUT2D eigenvalue weighted by Gasteiger charge is -2.13. The van der Waals surface area contributed by atoms with Crippen molar-refractivity contribution in [2.24, 2.45) is 5.92 Å². The fourth-order valence-corrected chi connectivity index (χ4v) is 3.71. The van der Waals surface area contributed by atoms with Gasteiger partial charge in [0.15, 0.2) is 0 Å². The third-order valence-corrected chi connectivity index (χ3v) is 5.00. The van der Waals surface area contributed by atoms with E-state index < -0.39 is 10.0 Å². The van der Waals surface area contributed by atoms with E-state index in [2.05, 4.69) is 4.72 Å². The molecule has 0 bridgehead atoms. The van der Waals surface area contributed by atoms with Crippen LogP contribution in [0.15, 0.2) is 36.4 Å². The normalized spacial score (nSPS) is 13.3. The molecule has 1 atom stereocenters. The lowest BCUT2D eigenvalue weighted by atomic mass is 10.1. The maximum absolute atomic E-state index is 12.1. The first kappa shape index (κ1) is 14.9. The number of sulfonamides is 1. The molecule has 0 spiro atoms. The van der Waals surface area contributed by atoms with Crippen LogP contribution in [-0.4, -0.2) is 25.2 Å². The summed E-state index contributed by atoms with van der Waals surface area (Å²) >= 11 is 5.65. The van der Waals surface area contributed by atoms with Crippen molar-refractivity contribution in [1.29, 1.82) is 0 Å². The van der Waals surface area contributed by atoms with E-state index in [-0.39, 0.29) is 23.3 Å². The number of fused-ring (bicyclic) bond motifs is 1. The fraction of sp³-hybridized carbons (Fsp3) is 0.286. The Morgan fingerprint density at radius 1 is 1.20 bits per heavy atom. The summed E-state index contributed by atoms with van der Waals surface area (Å²) in [6.45, 7) is 1.78. The summed E-state index contributed by atoms with van der Waals surface area (Å²) in [7, 11) is -3.47. The minimum Gasteiger partial charge on any atom is -0.507 e. The molecule has 2 rings (SSSR count). The van der Waals surface area contributed by atoms with Crippen molar-refractivity contribution in [2.45, 2.75) is 6.92 Å². The fourth-order valence-electron chi connectivity index (χ4n) is 2.01. The van der Waals surface area contributed by atoms with Crippen LogP contribution in [0.25, 0.3) is 10.8 Å². The molecule has 4 nitrogen and oxygen atoms in total. The number of phenols is 1. The minimum absolute atomic E-state index is 0.0360. The molecule has 0 heterocycles. The number of rotatable bonds is 5. The predicted molar refractivity (Wildman–Crippen MR) is 82.9 cm³/mol. The molecule has 2 N–H and O–H groups in total. The van der Waals surface area contributed by atoms with E-state index in [1.807, 2.05) is 0 Å². The SMILES string of the molecule is CC(CCl)CS(=O)(=O)Nc1cccc2c(O)cccc12. The van der Waals surface area contributed by atoms with E-state index in [1.165, 1.54) is 0 Å². The van der Waals surface area contributed by atoms with Crippen LogP contribution in [-0.2, 0) is 10.0 Å². The molecule has 20 heavy (non-hydrogen) atoms. The monoisotopic (exact) mass is 313 g/mol. The third kappa shape index (κ3) is 3.35. The molecule has 0 saturated carbocycles. The molecule has 2 aromatic rings. The summed E-state index contributed by atoms with van der Waals surface area (Å²) in [6.07, 6.45) is 0. The molecule has 0 aliphatic rings. The molecule has 0 radical (unpaired) electrons. The smallest absolute Gasteiger partial charge is 0.233 e. The van der Waals surface area contributed by atoms with Crippen LogP contribution in [0.1, 0.15) is 6.92 Å². The molecule has 0 fully saturated rings. The molecule has 2 aromatic carbocycles. The van der Waals surface area contributed by atoms with Gasteiger partial charge in [-0.15, -0.1) is 11.6 Å². The van der Waals surface area contributed by atoms with Crippen LogP contribution in [0.4, 0.5) is 5.69 Å². The Labute approximate surface area is 123 Å². The second kappa shape index (κ2) is 5.89. The zero-order chi connectivity index (χ0) is 14.8. The van der Waals surface area contributed by atoms with Crippen LogP contribution in [0.3, 0.4) is 0 Å². The summed E-state index contributed by atoms with van der Waals surface area (Å²) in [5.74, 6) is 0.248. The number of anilines is 1. The van der Waals surface area contributed by atoms with Crippen LogP contribution < -0.4 is 4.72 Å². The molecule has 0 aliphatic heterocycles. The number of hydrogen-bond donors (Lipinski definition) is 2. The zero-order valence-electron chi connectivity index (χ0n) is 11.0. The van der Waals surface area contributed by atoms with E-state index in [0.29, 0.717) is 16.5 Å². The average Bonchev–Trinajstić information content (AvgIpc) is 2.39. The summed E-state index contributed by atoms with van der Waals surface area (Å²) in [5.41, 5.74) is 0.458. The Balaban J connectivity index is 2.37. The standard InChI is InChI=1S/C14H16ClNO3S/c1-10(8-15)9-20(18,19)16-13-6-2-5-12-11(13)4-3-7-14(12)17/h2-7,10,16-17H,8-9H2,1H3. The molecular weight excluding hydrogens is 298 g/mol. The maximum atomic E-state index is 12.1. The van der Waals surface area contributed by atoms with Crippen molar-refractivity contribution < 1.29 is 13.5 Å². The number of halogens is 1. The molecule has 0 amide bonds. The van der Waals surface area contributed by atoms with E-state index in [9.17, 15) is 13.5 Å². The van der Waals surface area contributed by atoms with Crippen LogP contribution >= 0.6 is 11.6 Å². The largest absolute Gasteiger partial charge is 0.507 e. The first-order valence-corrected chi connectivity index (χ1v) is 8.39. The molecular formula is C14H16ClNO3S. The number of benzene rings is 2. The second-order valence-electron chi connectivity index (χ2n) is 4.82. The van der Waals surface area contributed by atoms with Gasteiger partial charge in [-0.3, -0.25) is 4.72 Å². The molecule has 108 valence electrons. The highest BCUT2D eigenvalue weighted by molar-refractivity contribution is 7.92. The van der Waals surface area contributed by atoms with Crippen molar-refractivity contribution in [1.82, 2.24) is 0 Å². The number of aromatic hydroxyl groups is 1. The van der Waals surface area contributed by atoms with Gasteiger partial charge in [-0.1, -0.05) is 31.2 Å². The van der Waals surface area contributed by atoms with Crippen molar-refractivity contribution in [3.05, 3.63) is 36.4 Å². The van der Waals surface area contributed by atoms with E-state index >= 15 is 0 Å². The van der Waals surface area contributed by atoms with Gasteiger partial charge in [-0.2, -0.15) is 0 Å². The van der Waals surface area contributed by atoms with Gasteiger partial charge < -0.3 is 5.11 Å². The predicted octanol–water partition coefficient (Wildman–Crippen LogP) is 3.16. The number of hydrogen-bond acceptors (Lipinski definition) is 3. The van der Waals surface area contributed by atoms with Gasteiger partial charge in [0, 0.05) is 16.7 Å². The van der Waals surface area contributed by atoms with Gasteiger partial charge in [-0.25, -0.2) is 8.42 Å². The van der Waals surface area contributed by atoms with E-state index in [4.69, 9.17) is 11.6 Å². The van der Waals surface area contributed by atoms with Gasteiger partial charge in [0.1, 0.15) is 5.75 Å². The van der Waals surface area contributed by atoms with Crippen molar-refractivity contribution >= 4 is 38.1 Å². The highest BCUT2D eigenvalue weighted by Crippen LogP contribution is 2.30. The molecule has 0 aliphatic carbocycles. The Morgan fingerprint density at radius 2 is 1.85 bits per heavy atom. The van der Waals surface area contributed by atoms with Gasteiger partial charge in [0.25, 0.3) is 0 Å². The first-order valence-electron chi connectivity index (χ1n) is 6.20. The highest BCUT2D eigenvalue weighted by atomic mass is 35.5. The summed E-state index contributed by atoms with van der Waals surface area (Å²) in [4.78, 5) is 0. The summed E-state index contributed by atoms with van der Waals surface area (Å²) in [6, 6.07) is 10.1. The molecule has 0 aromatic heterocycles. The van der Waals surface area contributed by atoms with Crippen molar-refractivity contribution in [3.8, 4) is 5.75 Å². The summed E-state index contributed by atoms with van der Waals surface area (Å²) in [5, 5.41) is 11.1. The Bertz CT molecular complexity index is 715. The second-order valence-corrected chi connectivity index (χ2v) is 6.90. The molecule has 0 saturated heterocycles. The van der Waals surface area contributed by atoms with Crippen LogP contribution in [0.5, 0.6) is 5.75 Å². The lowest BCUT2D eigenvalue weighted by Crippen LogP contribution is -2.22. The quantitative estimate of drug-likeness (QED) is 0.833.